The van der Waals surface area contributed by atoms with Crippen molar-refractivity contribution in [2.24, 2.45) is 0 Å². The predicted octanol–water partition coefficient (Wildman–Crippen LogP) is 2.87. The van der Waals surface area contributed by atoms with Gasteiger partial charge < -0.3 is 15.2 Å². The Kier molecular flexibility index (Phi) is 5.87. The molecule has 3 rings (SSSR count). The van der Waals surface area contributed by atoms with E-state index in [0.717, 1.165) is 37.8 Å². The van der Waals surface area contributed by atoms with Gasteiger partial charge in [-0.05, 0) is 49.9 Å². The highest BCUT2D eigenvalue weighted by Crippen LogP contribution is 2.22. The molecular weight excluding hydrogens is 342 g/mol. The number of nitrogens with one attached hydrogen (secondary N) is 2. The number of anilines is 1. The quantitative estimate of drug-likeness (QED) is 0.769. The molecule has 0 radical (unpaired) electrons. The van der Waals surface area contributed by atoms with Gasteiger partial charge in [-0.15, -0.1) is 0 Å². The fourth-order valence-corrected chi connectivity index (χ4v) is 3.18. The highest BCUT2D eigenvalue weighted by Gasteiger charge is 2.27. The van der Waals surface area contributed by atoms with Crippen LogP contribution in [-0.4, -0.2) is 27.9 Å². The number of amides is 2. The van der Waals surface area contributed by atoms with Crippen molar-refractivity contribution in [3.8, 4) is 6.07 Å². The molecule has 0 atom stereocenters. The van der Waals surface area contributed by atoms with Gasteiger partial charge in [0.05, 0.1) is 17.3 Å². The van der Waals surface area contributed by atoms with Gasteiger partial charge in [-0.3, -0.25) is 9.59 Å². The maximum atomic E-state index is 12.7. The molecule has 2 aromatic rings. The minimum absolute atomic E-state index is 0.216. The Labute approximate surface area is 158 Å². The van der Waals surface area contributed by atoms with E-state index in [0.29, 0.717) is 30.0 Å². The number of aromatic nitrogens is 2. The summed E-state index contributed by atoms with van der Waals surface area (Å²) in [5.41, 5.74) is 2.30. The van der Waals surface area contributed by atoms with Gasteiger partial charge in [0.25, 0.3) is 11.8 Å². The van der Waals surface area contributed by atoms with Crippen LogP contribution in [0.4, 0.5) is 5.69 Å². The second-order valence-corrected chi connectivity index (χ2v) is 6.59. The van der Waals surface area contributed by atoms with E-state index in [1.165, 1.54) is 0 Å². The number of nitrogens with zero attached hydrogens (tertiary/aromatic N) is 3. The molecule has 0 aliphatic carbocycles. The lowest BCUT2D eigenvalue weighted by atomic mass is 10.1. The summed E-state index contributed by atoms with van der Waals surface area (Å²) in [6, 6.07) is 8.68. The zero-order chi connectivity index (χ0) is 19.2. The van der Waals surface area contributed by atoms with Crippen molar-refractivity contribution >= 4 is 17.5 Å². The van der Waals surface area contributed by atoms with Crippen LogP contribution < -0.4 is 10.6 Å². The molecular formula is C20H23N5O2. The Morgan fingerprint density at radius 2 is 2.00 bits per heavy atom. The molecule has 27 heavy (non-hydrogen) atoms. The third-order valence-electron chi connectivity index (χ3n) is 4.62. The van der Waals surface area contributed by atoms with E-state index in [4.69, 9.17) is 5.26 Å². The first-order valence-corrected chi connectivity index (χ1v) is 9.33. The van der Waals surface area contributed by atoms with E-state index >= 15 is 0 Å². The topological polar surface area (TPSA) is 99.8 Å². The van der Waals surface area contributed by atoms with Crippen molar-refractivity contribution in [1.29, 1.82) is 5.26 Å². The molecule has 7 heteroatoms. The Bertz CT molecular complexity index is 877. The van der Waals surface area contributed by atoms with E-state index in [1.54, 1.807) is 24.3 Å². The Hall–Kier alpha value is -3.14. The number of hydrogen-bond donors (Lipinski definition) is 2. The fraction of sp³-hybridized carbons (Fsp3) is 0.400. The van der Waals surface area contributed by atoms with Crippen molar-refractivity contribution in [2.45, 2.75) is 45.6 Å². The first-order chi connectivity index (χ1) is 13.1. The van der Waals surface area contributed by atoms with E-state index in [-0.39, 0.29) is 17.6 Å². The average molecular weight is 365 g/mol. The summed E-state index contributed by atoms with van der Waals surface area (Å²) in [4.78, 5) is 29.6. The number of imidazole rings is 1. The molecule has 0 fully saturated rings. The number of unbranched alkanes of at least 4 members (excludes halogenated alkanes) is 1. The zero-order valence-corrected chi connectivity index (χ0v) is 15.4. The van der Waals surface area contributed by atoms with Crippen LogP contribution >= 0.6 is 0 Å². The van der Waals surface area contributed by atoms with Crippen LogP contribution in [0, 0.1) is 11.3 Å². The first kappa shape index (κ1) is 18.6. The van der Waals surface area contributed by atoms with Crippen LogP contribution in [0.3, 0.4) is 0 Å². The normalized spacial score (nSPS) is 12.7. The maximum Gasteiger partial charge on any atom is 0.291 e. The second kappa shape index (κ2) is 8.49. The molecule has 0 saturated heterocycles. The molecule has 0 saturated carbocycles. The third-order valence-corrected chi connectivity index (χ3v) is 4.62. The molecule has 0 spiro atoms. The number of benzene rings is 1. The van der Waals surface area contributed by atoms with Gasteiger partial charge in [-0.25, -0.2) is 4.98 Å². The van der Waals surface area contributed by atoms with Gasteiger partial charge in [-0.2, -0.15) is 5.26 Å². The summed E-state index contributed by atoms with van der Waals surface area (Å²) in [6.07, 6.45) is 4.59. The number of fused-ring (bicyclic) bond motifs is 1. The lowest BCUT2D eigenvalue weighted by Gasteiger charge is -2.17. The monoisotopic (exact) mass is 365 g/mol. The van der Waals surface area contributed by atoms with Gasteiger partial charge in [0.1, 0.15) is 5.69 Å². The van der Waals surface area contributed by atoms with Crippen LogP contribution in [0.1, 0.15) is 65.0 Å². The Morgan fingerprint density at radius 3 is 2.70 bits per heavy atom. The lowest BCUT2D eigenvalue weighted by molar-refractivity contribution is 0.0947. The molecule has 0 unspecified atom stereocenters. The summed E-state index contributed by atoms with van der Waals surface area (Å²) in [5, 5.41) is 14.6. The van der Waals surface area contributed by atoms with E-state index < -0.39 is 0 Å². The zero-order valence-electron chi connectivity index (χ0n) is 15.4. The third kappa shape index (κ3) is 4.17. The number of carbonyl (C=O) groups excluding carboxylic acids is 2. The van der Waals surface area contributed by atoms with Crippen LogP contribution in [-0.2, 0) is 13.0 Å². The standard InChI is InChI=1S/C20H23N5O2/c1-2-3-11-22-19(26)17-16-6-4-5-12-25(16)18(24-17)20(27)23-15-9-7-14(13-21)8-10-15/h7-10H,2-6,11-12H2,1H3,(H,22,26)(H,23,27). The molecule has 1 aromatic carbocycles. The van der Waals surface area contributed by atoms with Gasteiger partial charge in [0, 0.05) is 18.8 Å². The van der Waals surface area contributed by atoms with Crippen LogP contribution in [0.15, 0.2) is 24.3 Å². The van der Waals surface area contributed by atoms with Crippen LogP contribution in [0.5, 0.6) is 0 Å². The van der Waals surface area contributed by atoms with Gasteiger partial charge >= 0.3 is 0 Å². The van der Waals surface area contributed by atoms with Gasteiger partial charge in [-0.1, -0.05) is 13.3 Å². The van der Waals surface area contributed by atoms with E-state index in [2.05, 4.69) is 22.5 Å². The van der Waals surface area contributed by atoms with Crippen molar-refractivity contribution < 1.29 is 9.59 Å². The number of rotatable bonds is 6. The summed E-state index contributed by atoms with van der Waals surface area (Å²) in [6.45, 7) is 3.35. The van der Waals surface area contributed by atoms with Crippen molar-refractivity contribution in [1.82, 2.24) is 14.9 Å². The van der Waals surface area contributed by atoms with Gasteiger partial charge in [0.2, 0.25) is 0 Å². The number of carbonyl (C=O) groups is 2. The SMILES string of the molecule is CCCCNC(=O)c1nc(C(=O)Nc2ccc(C#N)cc2)n2c1CCCC2. The largest absolute Gasteiger partial charge is 0.351 e. The highest BCUT2D eigenvalue weighted by molar-refractivity contribution is 6.03. The van der Waals surface area contributed by atoms with E-state index in [9.17, 15) is 9.59 Å². The minimum atomic E-state index is -0.351. The highest BCUT2D eigenvalue weighted by atomic mass is 16.2. The van der Waals surface area contributed by atoms with Crippen LogP contribution in [0.25, 0.3) is 0 Å². The average Bonchev–Trinajstić information content (AvgIpc) is 3.09. The minimum Gasteiger partial charge on any atom is -0.351 e. The summed E-state index contributed by atoms with van der Waals surface area (Å²) in [5.74, 6) is -0.309. The lowest BCUT2D eigenvalue weighted by Crippen LogP contribution is -2.26. The molecule has 2 amide bonds. The number of nitriles is 1. The predicted molar refractivity (Wildman–Crippen MR) is 102 cm³/mol. The maximum absolute atomic E-state index is 12.7. The summed E-state index contributed by atoms with van der Waals surface area (Å²) < 4.78 is 1.86. The summed E-state index contributed by atoms with van der Waals surface area (Å²) in [7, 11) is 0. The second-order valence-electron chi connectivity index (χ2n) is 6.59. The first-order valence-electron chi connectivity index (χ1n) is 9.33. The summed E-state index contributed by atoms with van der Waals surface area (Å²) >= 11 is 0. The van der Waals surface area contributed by atoms with Crippen molar-refractivity contribution in [3.63, 3.8) is 0 Å². The molecule has 0 bridgehead atoms. The molecule has 7 nitrogen and oxygen atoms in total. The van der Waals surface area contributed by atoms with Crippen molar-refractivity contribution in [3.05, 3.63) is 47.0 Å². The molecule has 2 N–H and O–H groups in total. The van der Waals surface area contributed by atoms with E-state index in [1.807, 2.05) is 10.6 Å². The molecule has 2 heterocycles. The molecule has 1 aliphatic rings. The molecule has 1 aromatic heterocycles. The number of hydrogen-bond acceptors (Lipinski definition) is 4. The van der Waals surface area contributed by atoms with Crippen molar-refractivity contribution in [2.75, 3.05) is 11.9 Å². The molecule has 140 valence electrons. The Balaban J connectivity index is 1.82. The smallest absolute Gasteiger partial charge is 0.291 e. The molecule has 1 aliphatic heterocycles. The van der Waals surface area contributed by atoms with Crippen LogP contribution in [0.2, 0.25) is 0 Å². The Morgan fingerprint density at radius 1 is 1.22 bits per heavy atom. The fourth-order valence-electron chi connectivity index (χ4n) is 3.18. The van der Waals surface area contributed by atoms with Gasteiger partial charge in [0.15, 0.2) is 5.82 Å².